The van der Waals surface area contributed by atoms with Gasteiger partial charge in [0.2, 0.25) is 6.79 Å². The fraction of sp³-hybridized carbons (Fsp3) is 0.158. The van der Waals surface area contributed by atoms with E-state index in [9.17, 15) is 9.90 Å². The van der Waals surface area contributed by atoms with Crippen molar-refractivity contribution in [3.8, 4) is 17.2 Å². The monoisotopic (exact) mass is 340 g/mol. The van der Waals surface area contributed by atoms with Crippen molar-refractivity contribution in [3.63, 3.8) is 0 Å². The molecule has 0 spiro atoms. The molecule has 6 nitrogen and oxygen atoms in total. The highest BCUT2D eigenvalue weighted by Crippen LogP contribution is 2.34. The number of aromatic nitrogens is 1. The Morgan fingerprint density at radius 1 is 1.08 bits per heavy atom. The van der Waals surface area contributed by atoms with E-state index < -0.39 is 5.91 Å². The van der Waals surface area contributed by atoms with Crippen LogP contribution in [-0.4, -0.2) is 22.8 Å². The number of phenols is 1. The number of aromatic hydroxyl groups is 1. The molecule has 130 valence electrons. The Morgan fingerprint density at radius 2 is 1.88 bits per heavy atom. The van der Waals surface area contributed by atoms with Crippen LogP contribution in [0, 0.1) is 0 Å². The molecule has 1 aliphatic rings. The Bertz CT molecular complexity index is 924. The second kappa shape index (κ2) is 7.09. The number of carbonyl (C=O) groups excluding carboxylic acids is 1. The van der Waals surface area contributed by atoms with Crippen LogP contribution in [0.3, 0.4) is 0 Å². The second-order valence-electron chi connectivity index (χ2n) is 5.06. The number of hydrogen-bond acceptors (Lipinski definition) is 5. The van der Waals surface area contributed by atoms with Crippen LogP contribution in [0.5, 0.6) is 17.2 Å². The summed E-state index contributed by atoms with van der Waals surface area (Å²) in [7, 11) is 0. The van der Waals surface area contributed by atoms with Gasteiger partial charge >= 0.3 is 0 Å². The van der Waals surface area contributed by atoms with Crippen molar-refractivity contribution in [1.29, 1.82) is 0 Å². The zero-order valence-corrected chi connectivity index (χ0v) is 11.9. The van der Waals surface area contributed by atoms with Gasteiger partial charge < -0.3 is 19.9 Å². The molecular weight excluding hydrogens is 320 g/mol. The Labute approximate surface area is 146 Å². The summed E-state index contributed by atoms with van der Waals surface area (Å²) in [5, 5.41) is 13.8. The molecule has 3 aromatic rings. The number of fused-ring (bicyclic) bond motifs is 2. The Morgan fingerprint density at radius 3 is 2.72 bits per heavy atom. The first-order valence-corrected chi connectivity index (χ1v) is 7.00. The van der Waals surface area contributed by atoms with Crippen molar-refractivity contribution in [1.82, 2.24) is 4.98 Å². The quantitative estimate of drug-likeness (QED) is 0.731. The van der Waals surface area contributed by atoms with Crippen LogP contribution in [0.4, 0.5) is 5.69 Å². The SMILES string of the molecule is C.C.O=C(Nc1ccc2c(c1)OCO2)c1ccc2cccnc2c1O. The number of ether oxygens (including phenoxy) is 2. The van der Waals surface area contributed by atoms with Gasteiger partial charge in [0.05, 0.1) is 5.56 Å². The third kappa shape index (κ3) is 3.19. The first kappa shape index (κ1) is 18.1. The molecule has 0 fully saturated rings. The van der Waals surface area contributed by atoms with Crippen LogP contribution < -0.4 is 14.8 Å². The predicted molar refractivity (Wildman–Crippen MR) is 97.4 cm³/mol. The Kier molecular flexibility index (Phi) is 5.12. The Balaban J connectivity index is 0.00000113. The number of nitrogens with zero attached hydrogens (tertiary/aromatic N) is 1. The number of amides is 1. The van der Waals surface area contributed by atoms with Crippen LogP contribution >= 0.6 is 0 Å². The highest BCUT2D eigenvalue weighted by Gasteiger charge is 2.17. The predicted octanol–water partition coefficient (Wildman–Crippen LogP) is 4.19. The van der Waals surface area contributed by atoms with Gasteiger partial charge in [0, 0.05) is 23.3 Å². The minimum Gasteiger partial charge on any atom is -0.505 e. The molecule has 0 bridgehead atoms. The standard InChI is InChI=1S/C17H12N2O4.2CH4/c20-16-12(5-3-10-2-1-7-18-15(10)16)17(21)19-11-4-6-13-14(8-11)23-9-22-13;;/h1-8,20H,9H2,(H,19,21);2*1H4. The maximum Gasteiger partial charge on any atom is 0.259 e. The summed E-state index contributed by atoms with van der Waals surface area (Å²) in [4.78, 5) is 16.5. The molecule has 0 aliphatic carbocycles. The van der Waals surface area contributed by atoms with Crippen LogP contribution in [-0.2, 0) is 0 Å². The molecule has 1 amide bonds. The normalized spacial score (nSPS) is 11.4. The van der Waals surface area contributed by atoms with Crippen LogP contribution in [0.1, 0.15) is 25.2 Å². The number of nitrogens with one attached hydrogen (secondary N) is 1. The maximum atomic E-state index is 12.4. The van der Waals surface area contributed by atoms with E-state index in [1.165, 1.54) is 0 Å². The molecule has 6 heteroatoms. The molecule has 0 radical (unpaired) electrons. The largest absolute Gasteiger partial charge is 0.505 e. The minimum absolute atomic E-state index is 0. The van der Waals surface area contributed by atoms with Gasteiger partial charge in [0.1, 0.15) is 5.52 Å². The average Bonchev–Trinajstić information content (AvgIpc) is 3.03. The van der Waals surface area contributed by atoms with Gasteiger partial charge in [-0.05, 0) is 24.3 Å². The number of rotatable bonds is 2. The van der Waals surface area contributed by atoms with Crippen molar-refractivity contribution >= 4 is 22.5 Å². The fourth-order valence-electron chi connectivity index (χ4n) is 2.49. The molecule has 2 aromatic carbocycles. The third-order valence-electron chi connectivity index (χ3n) is 3.62. The summed E-state index contributed by atoms with van der Waals surface area (Å²) in [6.07, 6.45) is 1.57. The summed E-state index contributed by atoms with van der Waals surface area (Å²) in [5.74, 6) is 0.656. The van der Waals surface area contributed by atoms with Crippen molar-refractivity contribution in [2.24, 2.45) is 0 Å². The fourth-order valence-corrected chi connectivity index (χ4v) is 2.49. The molecule has 0 atom stereocenters. The van der Waals surface area contributed by atoms with Gasteiger partial charge in [-0.25, -0.2) is 0 Å². The van der Waals surface area contributed by atoms with E-state index in [-0.39, 0.29) is 33.0 Å². The van der Waals surface area contributed by atoms with Crippen LogP contribution in [0.15, 0.2) is 48.7 Å². The smallest absolute Gasteiger partial charge is 0.259 e. The van der Waals surface area contributed by atoms with Gasteiger partial charge in [0.25, 0.3) is 5.91 Å². The van der Waals surface area contributed by atoms with E-state index in [2.05, 4.69) is 10.3 Å². The lowest BCUT2D eigenvalue weighted by Gasteiger charge is -2.09. The number of phenolic OH excluding ortho intramolecular Hbond substituents is 1. The summed E-state index contributed by atoms with van der Waals surface area (Å²) in [6.45, 7) is 0.171. The molecule has 1 aliphatic heterocycles. The van der Waals surface area contributed by atoms with Crippen molar-refractivity contribution in [3.05, 3.63) is 54.2 Å². The van der Waals surface area contributed by atoms with Crippen LogP contribution in [0.2, 0.25) is 0 Å². The number of benzene rings is 2. The molecule has 2 N–H and O–H groups in total. The lowest BCUT2D eigenvalue weighted by Crippen LogP contribution is -2.12. The van der Waals surface area contributed by atoms with E-state index in [1.54, 1.807) is 42.6 Å². The highest BCUT2D eigenvalue weighted by atomic mass is 16.7. The third-order valence-corrected chi connectivity index (χ3v) is 3.62. The molecule has 0 saturated heterocycles. The first-order valence-electron chi connectivity index (χ1n) is 7.00. The number of pyridine rings is 1. The molecular formula is C19H20N2O4. The number of carbonyl (C=O) groups is 1. The Hall–Kier alpha value is -3.28. The van der Waals surface area contributed by atoms with Crippen molar-refractivity contribution in [2.45, 2.75) is 14.9 Å². The van der Waals surface area contributed by atoms with Gasteiger partial charge in [-0.3, -0.25) is 9.78 Å². The van der Waals surface area contributed by atoms with Gasteiger partial charge in [-0.1, -0.05) is 27.0 Å². The van der Waals surface area contributed by atoms with Gasteiger partial charge in [0.15, 0.2) is 17.2 Å². The zero-order valence-electron chi connectivity index (χ0n) is 11.9. The lowest BCUT2D eigenvalue weighted by molar-refractivity contribution is 0.102. The van der Waals surface area contributed by atoms with Crippen molar-refractivity contribution < 1.29 is 19.4 Å². The summed E-state index contributed by atoms with van der Waals surface area (Å²) in [5.41, 5.74) is 1.11. The minimum atomic E-state index is -0.422. The molecule has 0 saturated carbocycles. The van der Waals surface area contributed by atoms with E-state index >= 15 is 0 Å². The van der Waals surface area contributed by atoms with Crippen molar-refractivity contribution in [2.75, 3.05) is 12.1 Å². The average molecular weight is 340 g/mol. The van der Waals surface area contributed by atoms with E-state index in [0.29, 0.717) is 22.7 Å². The lowest BCUT2D eigenvalue weighted by atomic mass is 10.1. The van der Waals surface area contributed by atoms with Gasteiger partial charge in [-0.2, -0.15) is 0 Å². The second-order valence-corrected chi connectivity index (χ2v) is 5.06. The van der Waals surface area contributed by atoms with E-state index in [1.807, 2.05) is 6.07 Å². The van der Waals surface area contributed by atoms with E-state index in [4.69, 9.17) is 9.47 Å². The molecule has 25 heavy (non-hydrogen) atoms. The molecule has 1 aromatic heterocycles. The topological polar surface area (TPSA) is 80.7 Å². The highest BCUT2D eigenvalue weighted by molar-refractivity contribution is 6.09. The first-order chi connectivity index (χ1) is 11.2. The zero-order chi connectivity index (χ0) is 15.8. The van der Waals surface area contributed by atoms with Crippen LogP contribution in [0.25, 0.3) is 10.9 Å². The molecule has 2 heterocycles. The van der Waals surface area contributed by atoms with Gasteiger partial charge in [-0.15, -0.1) is 0 Å². The molecule has 0 unspecified atom stereocenters. The molecule has 4 rings (SSSR count). The van der Waals surface area contributed by atoms with E-state index in [0.717, 1.165) is 5.39 Å². The summed E-state index contributed by atoms with van der Waals surface area (Å²) >= 11 is 0. The number of hydrogen-bond donors (Lipinski definition) is 2. The summed E-state index contributed by atoms with van der Waals surface area (Å²) in [6, 6.07) is 12.0. The maximum absolute atomic E-state index is 12.4. The number of anilines is 1. The summed E-state index contributed by atoms with van der Waals surface area (Å²) < 4.78 is 10.5.